The number of Topliss-reactive ketones (excluding diaryl/α,β-unsaturated/α-hetero) is 1. The molecule has 5 N–H and O–H groups in total. The van der Waals surface area contributed by atoms with E-state index in [2.05, 4.69) is 32.7 Å². The normalized spacial score (nSPS) is 35.5. The van der Waals surface area contributed by atoms with Crippen LogP contribution < -0.4 is 0 Å². The van der Waals surface area contributed by atoms with Crippen molar-refractivity contribution in [2.24, 2.45) is 68.5 Å². The molecule has 0 spiro atoms. The highest BCUT2D eigenvalue weighted by atomic mass is 35.5. The number of fused-ring (bicyclic) bond motifs is 10. The molecule has 19 nitrogen and oxygen atoms in total. The molecule has 25 heteroatoms. The van der Waals surface area contributed by atoms with Gasteiger partial charge in [-0.2, -0.15) is 0 Å². The zero-order valence-corrected chi connectivity index (χ0v) is 63.1. The molecule has 7 saturated carbocycles. The van der Waals surface area contributed by atoms with Crippen LogP contribution in [0.15, 0.2) is 125 Å². The van der Waals surface area contributed by atoms with Crippen molar-refractivity contribution in [2.75, 3.05) is 5.88 Å². The minimum Gasteiger partial charge on any atom is -0.478 e. The molecule has 4 aromatic rings. The van der Waals surface area contributed by atoms with Gasteiger partial charge in [-0.15, -0.1) is 33.3 Å². The Labute approximate surface area is 620 Å². The van der Waals surface area contributed by atoms with E-state index in [-0.39, 0.29) is 93.6 Å². The Morgan fingerprint density at radius 3 is 2.16 bits per heavy atom. The summed E-state index contributed by atoms with van der Waals surface area (Å²) < 4.78 is 25.3. The first-order valence-electron chi connectivity index (χ1n) is 34.5. The zero-order chi connectivity index (χ0) is 74.3. The number of furan rings is 1. The summed E-state index contributed by atoms with van der Waals surface area (Å²) in [6.07, 6.45) is 18.7. The van der Waals surface area contributed by atoms with Gasteiger partial charge < -0.3 is 48.8 Å². The number of hydrogen-bond acceptors (Lipinski definition) is 15. The van der Waals surface area contributed by atoms with Crippen LogP contribution in [0.4, 0.5) is 0 Å². The number of allylic oxidation sites excluding steroid dienone is 6. The standard InChI is InChI=1S/C31H48O6.C27H30Cl2O6.C18H14Cl4N2O.HNO3/c1-17(2)9-8-10-20(28(35)36)26-22-15-24(34)27-29(5)13-12-23(33)18(3)21(29)11-14-30(27,6)31(22,7)16-25(26)37-19(4)32;1-15-11-19-18-7-6-16-12-17(30)8-9-24(16,2)26(18,29)21(31)13-25(19,3)27(15,22(32)14-28)35-23(33)20-5-4-10-34-20;19-13-2-1-12(16(21)7-13)10-25-18(9-24-6-5-23-11-24)15-4-3-14(20)8-17(15)22;2-1(3)4/h9,18,21-25,27,33-34H,8,10-16H2,1-7H3,(H,35,36);4-5,8-10,12,15,18-19,21,31H,6-7,11,13-14H2,1-3H3;1-8,11,18H,9-10H2;(H,2,3,4)/b26-20-;;;/t18-,21-,22-,23+,24+,25-,27-,29-,30-,31-;15-,18+,19+,21+,24+,25+,26+,27+;;/m01../s1. The number of carbonyl (C=O) groups is 5. The number of carboxylic acid groups (broad SMARTS) is 1. The number of alkyl halides is 2. The summed E-state index contributed by atoms with van der Waals surface area (Å²) in [5.41, 5.74) is 1.07. The maximum atomic E-state index is 13.6. The van der Waals surface area contributed by atoms with E-state index in [0.717, 1.165) is 53.5 Å². The molecule has 1 unspecified atom stereocenters. The van der Waals surface area contributed by atoms with Crippen LogP contribution in [0.1, 0.15) is 174 Å². The fraction of sp³-hybridized carbons (Fsp3) is 0.579. The molecular weight excluding hydrogens is 1420 g/mol. The van der Waals surface area contributed by atoms with E-state index in [1.807, 2.05) is 69.7 Å². The molecule has 2 heterocycles. The minimum absolute atomic E-state index is 0.00557. The number of rotatable bonds is 15. The van der Waals surface area contributed by atoms with Crippen molar-refractivity contribution in [3.05, 3.63) is 167 Å². The van der Waals surface area contributed by atoms with Gasteiger partial charge in [-0.3, -0.25) is 14.4 Å². The molecule has 0 radical (unpaired) electrons. The SMILES string of the molecule is CC(=O)O[C@H]1C[C@@]2(C)[C@@H](C[C@@H](O)[C@H]3[C@@]4(C)CC[C@@H](O)[C@@H](C)[C@@H]4CC[C@@]32C)/C1=C(\CCC=C(C)C)C(=O)O.C[C@@H]1C[C@H]2[C@@H]3CCC4=CC(=O)C=C[C@]4(C)[C@@]3(Cl)[C@@H](O)C[C@]2(C)[C@@]1(OC(=O)c1ccco1)C(=O)CCl.Clc1ccc(COC(Cn2ccnc2)c2ccc(Cl)cc2Cl)c(Cl)c1.O=[N+]([O-])O. The zero-order valence-electron chi connectivity index (χ0n) is 58.6. The monoisotopic (exact) mass is 1510 g/mol. The van der Waals surface area contributed by atoms with Crippen LogP contribution in [0.2, 0.25) is 20.1 Å². The van der Waals surface area contributed by atoms with Crippen LogP contribution >= 0.6 is 69.6 Å². The van der Waals surface area contributed by atoms with Crippen LogP contribution in [0.5, 0.6) is 0 Å². The third-order valence-electron chi connectivity index (χ3n) is 25.0. The number of imidazole rings is 1. The van der Waals surface area contributed by atoms with E-state index in [1.54, 1.807) is 48.9 Å². The van der Waals surface area contributed by atoms with E-state index in [4.69, 9.17) is 104 Å². The molecule has 8 aliphatic rings. The Morgan fingerprint density at radius 1 is 0.871 bits per heavy atom. The van der Waals surface area contributed by atoms with Gasteiger partial charge in [0, 0.05) is 67.3 Å². The number of aliphatic hydroxyl groups is 3. The lowest BCUT2D eigenvalue weighted by Crippen LogP contribution is -2.69. The maximum absolute atomic E-state index is 13.6. The number of ether oxygens (including phenoxy) is 3. The molecule has 550 valence electrons. The van der Waals surface area contributed by atoms with E-state index in [1.165, 1.54) is 25.3 Å². The second kappa shape index (κ2) is 31.2. The van der Waals surface area contributed by atoms with Crippen molar-refractivity contribution in [1.29, 1.82) is 0 Å². The van der Waals surface area contributed by atoms with Crippen LogP contribution in [0.25, 0.3) is 0 Å². The van der Waals surface area contributed by atoms with E-state index >= 15 is 0 Å². The number of aliphatic hydroxyl groups excluding tert-OH is 3. The Bertz CT molecular complexity index is 3870. The predicted octanol–water partition coefficient (Wildman–Crippen LogP) is 16.6. The van der Waals surface area contributed by atoms with Gasteiger partial charge in [-0.1, -0.05) is 130 Å². The lowest BCUT2D eigenvalue weighted by atomic mass is 9.36. The smallest absolute Gasteiger partial charge is 0.375 e. The quantitative estimate of drug-likeness (QED) is 0.0185. The second-order valence-electron chi connectivity index (χ2n) is 30.4. The molecule has 7 fully saturated rings. The van der Waals surface area contributed by atoms with E-state index in [9.17, 15) is 44.4 Å². The second-order valence-corrected chi connectivity index (χ2v) is 33.0. The van der Waals surface area contributed by atoms with E-state index in [0.29, 0.717) is 89.7 Å². The Kier molecular flexibility index (Phi) is 24.6. The lowest BCUT2D eigenvalue weighted by Gasteiger charge is -2.69. The number of benzene rings is 2. The average Bonchev–Trinajstić information content (AvgIpc) is 1.62. The van der Waals surface area contributed by atoms with Crippen molar-refractivity contribution < 1.29 is 73.3 Å². The summed E-state index contributed by atoms with van der Waals surface area (Å²) in [6.45, 7) is 21.2. The van der Waals surface area contributed by atoms with Crippen LogP contribution in [0, 0.1) is 78.6 Å². The van der Waals surface area contributed by atoms with Crippen molar-refractivity contribution in [1.82, 2.24) is 9.55 Å². The fourth-order valence-corrected chi connectivity index (χ4v) is 22.0. The van der Waals surface area contributed by atoms with Crippen LogP contribution in [0.3, 0.4) is 0 Å². The molecule has 0 saturated heterocycles. The molecule has 8 aliphatic carbocycles. The molecule has 19 atom stereocenters. The van der Waals surface area contributed by atoms with Crippen LogP contribution in [-0.4, -0.2) is 111 Å². The third-order valence-corrected chi connectivity index (χ3v) is 27.3. The molecule has 0 aliphatic heterocycles. The fourth-order valence-electron chi connectivity index (χ4n) is 20.3. The number of halogens is 6. The number of aromatic nitrogens is 2. The number of ketones is 2. The minimum atomic E-state index is -1.53. The van der Waals surface area contributed by atoms with Gasteiger partial charge >= 0.3 is 17.9 Å². The summed E-state index contributed by atoms with van der Waals surface area (Å²) in [6, 6.07) is 13.8. The Hall–Kier alpha value is -5.58. The first-order valence-corrected chi connectivity index (χ1v) is 36.9. The van der Waals surface area contributed by atoms with Gasteiger partial charge in [0.25, 0.3) is 5.09 Å². The highest BCUT2D eigenvalue weighted by Crippen LogP contribution is 2.76. The van der Waals surface area contributed by atoms with Crippen molar-refractivity contribution >= 4 is 99.1 Å². The number of esters is 2. The number of carboxylic acids is 1. The van der Waals surface area contributed by atoms with Gasteiger partial charge in [0.15, 0.2) is 17.2 Å². The van der Waals surface area contributed by atoms with Gasteiger partial charge in [-0.05, 0) is 202 Å². The first-order chi connectivity index (χ1) is 47.4. The topological polar surface area (TPSA) is 288 Å². The van der Waals surface area contributed by atoms with Gasteiger partial charge in [0.2, 0.25) is 5.76 Å². The Morgan fingerprint density at radius 2 is 1.55 bits per heavy atom. The Balaban J connectivity index is 0.000000175. The molecule has 0 amide bonds. The molecule has 12 rings (SSSR count). The van der Waals surface area contributed by atoms with Gasteiger partial charge in [-0.25, -0.2) is 14.6 Å². The number of nitrogens with zero attached hydrogens (tertiary/aromatic N) is 3. The van der Waals surface area contributed by atoms with Crippen molar-refractivity contribution in [3.63, 3.8) is 0 Å². The van der Waals surface area contributed by atoms with Gasteiger partial charge in [0.1, 0.15) is 12.2 Å². The van der Waals surface area contributed by atoms with Crippen molar-refractivity contribution in [2.45, 2.75) is 200 Å². The molecule has 2 aromatic carbocycles. The van der Waals surface area contributed by atoms with E-state index < -0.39 is 62.6 Å². The third kappa shape index (κ3) is 14.9. The predicted molar refractivity (Wildman–Crippen MR) is 384 cm³/mol. The lowest BCUT2D eigenvalue weighted by molar-refractivity contribution is -0.742. The summed E-state index contributed by atoms with van der Waals surface area (Å²) >= 11 is 38.1. The summed E-state index contributed by atoms with van der Waals surface area (Å²) in [4.78, 5) is 75.0. The van der Waals surface area contributed by atoms with Crippen molar-refractivity contribution in [3.8, 4) is 0 Å². The number of aliphatic carboxylic acids is 1. The van der Waals surface area contributed by atoms with Gasteiger partial charge in [0.05, 0.1) is 54.8 Å². The highest BCUT2D eigenvalue weighted by Gasteiger charge is 2.77. The largest absolute Gasteiger partial charge is 0.478 e. The first kappa shape index (κ1) is 79.5. The number of carbonyl (C=O) groups excluding carboxylic acids is 4. The molecule has 2 aromatic heterocycles. The highest BCUT2D eigenvalue weighted by molar-refractivity contribution is 6.35. The molecule has 101 heavy (non-hydrogen) atoms. The summed E-state index contributed by atoms with van der Waals surface area (Å²) in [5, 5.41) is 60.6. The maximum Gasteiger partial charge on any atom is 0.375 e. The summed E-state index contributed by atoms with van der Waals surface area (Å²) in [7, 11) is 0. The summed E-state index contributed by atoms with van der Waals surface area (Å²) in [5.74, 6) is -3.03. The molecular formula is C76H93Cl6N3O16. The molecule has 0 bridgehead atoms. The number of hydrogen-bond donors (Lipinski definition) is 5. The average molecular weight is 1520 g/mol. The van der Waals surface area contributed by atoms with Crippen LogP contribution in [-0.2, 0) is 46.5 Å².